The second kappa shape index (κ2) is 6.78. The molecule has 20 heavy (non-hydrogen) atoms. The molecule has 1 fully saturated rings. The molecule has 2 rings (SSSR count). The zero-order chi connectivity index (χ0) is 14.5. The van der Waals surface area contributed by atoms with E-state index in [2.05, 4.69) is 20.8 Å². The van der Waals surface area contributed by atoms with E-state index in [1.54, 1.807) is 0 Å². The monoisotopic (exact) mass is 275 g/mol. The maximum atomic E-state index is 12.3. The summed E-state index contributed by atoms with van der Waals surface area (Å²) in [6, 6.07) is 8.31. The molecular formula is C17H25NO2. The molecule has 1 aromatic carbocycles. The number of piperidine rings is 1. The molecule has 0 N–H and O–H groups in total. The standard InChI is InChI=1S/C17H25NO2/c1-4-15-7-9-16(10-8-15)20-12-17(19)18-11-13(2)5-6-14(18)3/h7-10,13-14H,4-6,11-12H2,1-3H3/t13-,14-/m1/s1. The van der Waals surface area contributed by atoms with Crippen LogP contribution >= 0.6 is 0 Å². The Morgan fingerprint density at radius 2 is 1.95 bits per heavy atom. The molecule has 0 radical (unpaired) electrons. The van der Waals surface area contributed by atoms with E-state index in [-0.39, 0.29) is 12.5 Å². The Bertz CT molecular complexity index is 441. The predicted molar refractivity (Wildman–Crippen MR) is 80.9 cm³/mol. The second-order valence-electron chi connectivity index (χ2n) is 5.86. The lowest BCUT2D eigenvalue weighted by Crippen LogP contribution is -2.46. The molecule has 0 saturated carbocycles. The Balaban J connectivity index is 1.87. The molecule has 3 nitrogen and oxygen atoms in total. The van der Waals surface area contributed by atoms with E-state index in [0.717, 1.165) is 25.1 Å². The summed E-state index contributed by atoms with van der Waals surface area (Å²) in [5.74, 6) is 1.47. The lowest BCUT2D eigenvalue weighted by Gasteiger charge is -2.36. The van der Waals surface area contributed by atoms with Crippen LogP contribution in [0.2, 0.25) is 0 Å². The number of rotatable bonds is 4. The number of carbonyl (C=O) groups is 1. The Morgan fingerprint density at radius 3 is 2.60 bits per heavy atom. The van der Waals surface area contributed by atoms with Crippen LogP contribution in [0.25, 0.3) is 0 Å². The van der Waals surface area contributed by atoms with E-state index in [1.807, 2.05) is 29.2 Å². The van der Waals surface area contributed by atoms with Crippen LogP contribution < -0.4 is 4.74 Å². The first-order valence-electron chi connectivity index (χ1n) is 7.61. The Labute approximate surface area is 121 Å². The van der Waals surface area contributed by atoms with Crippen molar-refractivity contribution in [1.82, 2.24) is 4.90 Å². The van der Waals surface area contributed by atoms with E-state index >= 15 is 0 Å². The quantitative estimate of drug-likeness (QED) is 0.844. The van der Waals surface area contributed by atoms with Crippen LogP contribution in [0.3, 0.4) is 0 Å². The molecule has 1 heterocycles. The van der Waals surface area contributed by atoms with Gasteiger partial charge in [-0.25, -0.2) is 0 Å². The van der Waals surface area contributed by atoms with Crippen LogP contribution in [0.4, 0.5) is 0 Å². The molecule has 1 saturated heterocycles. The first-order chi connectivity index (χ1) is 9.60. The number of likely N-dealkylation sites (tertiary alicyclic amines) is 1. The molecule has 0 unspecified atom stereocenters. The normalized spacial score (nSPS) is 22.6. The van der Waals surface area contributed by atoms with Crippen LogP contribution in [0.1, 0.15) is 39.2 Å². The molecule has 1 aliphatic rings. The molecule has 1 amide bonds. The van der Waals surface area contributed by atoms with Gasteiger partial charge in [0.1, 0.15) is 5.75 Å². The average Bonchev–Trinajstić information content (AvgIpc) is 2.47. The van der Waals surface area contributed by atoms with Crippen LogP contribution in [-0.2, 0) is 11.2 Å². The number of hydrogen-bond acceptors (Lipinski definition) is 2. The number of aryl methyl sites for hydroxylation is 1. The molecule has 110 valence electrons. The van der Waals surface area contributed by atoms with Crippen molar-refractivity contribution >= 4 is 5.91 Å². The third-order valence-electron chi connectivity index (χ3n) is 4.13. The second-order valence-corrected chi connectivity index (χ2v) is 5.86. The van der Waals surface area contributed by atoms with Crippen LogP contribution in [0, 0.1) is 5.92 Å². The van der Waals surface area contributed by atoms with E-state index in [1.165, 1.54) is 12.0 Å². The van der Waals surface area contributed by atoms with Crippen molar-refractivity contribution in [3.05, 3.63) is 29.8 Å². The fraction of sp³-hybridized carbons (Fsp3) is 0.588. The summed E-state index contributed by atoms with van der Waals surface area (Å²) in [4.78, 5) is 14.2. The van der Waals surface area contributed by atoms with Gasteiger partial charge < -0.3 is 9.64 Å². The number of benzene rings is 1. The van der Waals surface area contributed by atoms with Crippen molar-refractivity contribution < 1.29 is 9.53 Å². The van der Waals surface area contributed by atoms with E-state index in [4.69, 9.17) is 4.74 Å². The fourth-order valence-electron chi connectivity index (χ4n) is 2.69. The van der Waals surface area contributed by atoms with E-state index in [0.29, 0.717) is 12.0 Å². The number of hydrogen-bond donors (Lipinski definition) is 0. The zero-order valence-corrected chi connectivity index (χ0v) is 12.8. The SMILES string of the molecule is CCc1ccc(OCC(=O)N2C[C@H](C)CC[C@H]2C)cc1. The average molecular weight is 275 g/mol. The van der Waals surface area contributed by atoms with E-state index < -0.39 is 0 Å². The third-order valence-corrected chi connectivity index (χ3v) is 4.13. The summed E-state index contributed by atoms with van der Waals surface area (Å²) in [5, 5.41) is 0. The highest BCUT2D eigenvalue weighted by Crippen LogP contribution is 2.21. The molecule has 0 bridgehead atoms. The first-order valence-corrected chi connectivity index (χ1v) is 7.61. The van der Waals surface area contributed by atoms with Gasteiger partial charge in [0.25, 0.3) is 5.91 Å². The van der Waals surface area contributed by atoms with Crippen molar-refractivity contribution in [3.8, 4) is 5.75 Å². The molecule has 0 aromatic heterocycles. The van der Waals surface area contributed by atoms with Gasteiger partial charge in [-0.2, -0.15) is 0 Å². The Kier molecular flexibility index (Phi) is 5.05. The molecule has 0 aliphatic carbocycles. The van der Waals surface area contributed by atoms with E-state index in [9.17, 15) is 4.79 Å². The zero-order valence-electron chi connectivity index (χ0n) is 12.8. The number of ether oxygens (including phenoxy) is 1. The largest absolute Gasteiger partial charge is 0.484 e. The topological polar surface area (TPSA) is 29.5 Å². The lowest BCUT2D eigenvalue weighted by molar-refractivity contribution is -0.137. The van der Waals surface area contributed by atoms with Crippen LogP contribution in [-0.4, -0.2) is 30.0 Å². The summed E-state index contributed by atoms with van der Waals surface area (Å²) in [5.41, 5.74) is 1.28. The van der Waals surface area contributed by atoms with Gasteiger partial charge in [0.2, 0.25) is 0 Å². The van der Waals surface area contributed by atoms with Crippen LogP contribution in [0.15, 0.2) is 24.3 Å². The summed E-state index contributed by atoms with van der Waals surface area (Å²) >= 11 is 0. The highest BCUT2D eigenvalue weighted by Gasteiger charge is 2.26. The maximum Gasteiger partial charge on any atom is 0.260 e. The van der Waals surface area contributed by atoms with Crippen LogP contribution in [0.5, 0.6) is 5.75 Å². The minimum atomic E-state index is 0.101. The summed E-state index contributed by atoms with van der Waals surface area (Å²) < 4.78 is 5.61. The highest BCUT2D eigenvalue weighted by molar-refractivity contribution is 5.78. The van der Waals surface area contributed by atoms with Gasteiger partial charge in [0.05, 0.1) is 0 Å². The van der Waals surface area contributed by atoms with Gasteiger partial charge >= 0.3 is 0 Å². The highest BCUT2D eigenvalue weighted by atomic mass is 16.5. The lowest BCUT2D eigenvalue weighted by atomic mass is 9.95. The van der Waals surface area contributed by atoms with Crippen molar-refractivity contribution in [2.24, 2.45) is 5.92 Å². The number of carbonyl (C=O) groups excluding carboxylic acids is 1. The third kappa shape index (κ3) is 3.75. The molecular weight excluding hydrogens is 250 g/mol. The summed E-state index contributed by atoms with van der Waals surface area (Å²) in [6.45, 7) is 7.45. The first kappa shape index (κ1) is 14.9. The van der Waals surface area contributed by atoms with Gasteiger partial charge in [0.15, 0.2) is 6.61 Å². The van der Waals surface area contributed by atoms with Gasteiger partial charge in [0, 0.05) is 12.6 Å². The Hall–Kier alpha value is -1.51. The minimum Gasteiger partial charge on any atom is -0.484 e. The van der Waals surface area contributed by atoms with Gasteiger partial charge in [-0.05, 0) is 49.8 Å². The molecule has 1 aromatic rings. The summed E-state index contributed by atoms with van der Waals surface area (Å²) in [7, 11) is 0. The molecule has 0 spiro atoms. The van der Waals surface area contributed by atoms with Crippen molar-refractivity contribution in [2.75, 3.05) is 13.2 Å². The van der Waals surface area contributed by atoms with Crippen molar-refractivity contribution in [2.45, 2.75) is 46.1 Å². The predicted octanol–water partition coefficient (Wildman–Crippen LogP) is 3.27. The molecule has 1 aliphatic heterocycles. The Morgan fingerprint density at radius 1 is 1.25 bits per heavy atom. The van der Waals surface area contributed by atoms with Gasteiger partial charge in [-0.1, -0.05) is 26.0 Å². The fourth-order valence-corrected chi connectivity index (χ4v) is 2.69. The van der Waals surface area contributed by atoms with Gasteiger partial charge in [-0.3, -0.25) is 4.79 Å². The number of nitrogens with zero attached hydrogens (tertiary/aromatic N) is 1. The van der Waals surface area contributed by atoms with Crippen molar-refractivity contribution in [3.63, 3.8) is 0 Å². The van der Waals surface area contributed by atoms with Gasteiger partial charge in [-0.15, -0.1) is 0 Å². The maximum absolute atomic E-state index is 12.3. The molecule has 3 heteroatoms. The number of amides is 1. The summed E-state index contributed by atoms with van der Waals surface area (Å²) in [6.07, 6.45) is 3.32. The molecule has 2 atom stereocenters. The minimum absolute atomic E-state index is 0.101. The van der Waals surface area contributed by atoms with Crippen molar-refractivity contribution in [1.29, 1.82) is 0 Å². The smallest absolute Gasteiger partial charge is 0.260 e.